The first kappa shape index (κ1) is 17.6. The predicted octanol–water partition coefficient (Wildman–Crippen LogP) is 3.91. The van der Waals surface area contributed by atoms with E-state index in [0.717, 1.165) is 50.4 Å². The van der Waals surface area contributed by atoms with Crippen molar-refractivity contribution < 1.29 is 0 Å². The molecule has 0 saturated carbocycles. The normalized spacial score (nSPS) is 18.4. The second-order valence-corrected chi connectivity index (χ2v) is 8.58. The molecule has 1 N–H and O–H groups in total. The molecule has 0 atom stereocenters. The van der Waals surface area contributed by atoms with Gasteiger partial charge >= 0.3 is 0 Å². The van der Waals surface area contributed by atoms with Crippen molar-refractivity contribution in [3.05, 3.63) is 65.5 Å². The Kier molecular flexibility index (Phi) is 4.52. The Morgan fingerprint density at radius 1 is 1.00 bits per heavy atom. The van der Waals surface area contributed by atoms with Gasteiger partial charge in [-0.3, -0.25) is 0 Å². The third-order valence-electron chi connectivity index (χ3n) is 6.64. The van der Waals surface area contributed by atoms with Crippen LogP contribution >= 0.6 is 0 Å². The summed E-state index contributed by atoms with van der Waals surface area (Å²) in [5.41, 5.74) is 5.73. The van der Waals surface area contributed by atoms with E-state index in [1.54, 1.807) is 6.33 Å². The van der Waals surface area contributed by atoms with Crippen molar-refractivity contribution in [1.82, 2.24) is 15.3 Å². The maximum Gasteiger partial charge on any atom is 0.139 e. The smallest absolute Gasteiger partial charge is 0.139 e. The Morgan fingerprint density at radius 3 is 2.64 bits per heavy atom. The van der Waals surface area contributed by atoms with Gasteiger partial charge in [0, 0.05) is 23.9 Å². The van der Waals surface area contributed by atoms with Gasteiger partial charge in [0.15, 0.2) is 0 Å². The second-order valence-electron chi connectivity index (χ2n) is 8.58. The van der Waals surface area contributed by atoms with E-state index in [9.17, 15) is 0 Å². The minimum Gasteiger partial charge on any atom is -0.355 e. The van der Waals surface area contributed by atoms with Crippen molar-refractivity contribution in [2.24, 2.45) is 5.41 Å². The van der Waals surface area contributed by atoms with E-state index in [0.29, 0.717) is 5.41 Å². The standard InChI is InChI=1S/C24H28N4/c1-18-4-2-3-5-20(18)8-6-19-7-9-22-21(14-19)23(27-17-26-22)28-15-24(16-28)10-12-25-13-11-24/h2-5,7,9,14,17,25H,6,8,10-13,15-16H2,1H3. The summed E-state index contributed by atoms with van der Waals surface area (Å²) < 4.78 is 0. The molecule has 4 nitrogen and oxygen atoms in total. The minimum absolute atomic E-state index is 0.505. The molecule has 2 aliphatic rings. The summed E-state index contributed by atoms with van der Waals surface area (Å²) in [5.74, 6) is 1.12. The lowest BCUT2D eigenvalue weighted by Gasteiger charge is -2.53. The molecular formula is C24H28N4. The van der Waals surface area contributed by atoms with Gasteiger partial charge in [-0.2, -0.15) is 0 Å². The average molecular weight is 373 g/mol. The van der Waals surface area contributed by atoms with Crippen molar-refractivity contribution in [3.8, 4) is 0 Å². The Morgan fingerprint density at radius 2 is 1.82 bits per heavy atom. The molecule has 0 radical (unpaired) electrons. The van der Waals surface area contributed by atoms with E-state index in [2.05, 4.69) is 69.6 Å². The van der Waals surface area contributed by atoms with Crippen LogP contribution in [0, 0.1) is 12.3 Å². The van der Waals surface area contributed by atoms with Crippen LogP contribution in [0.2, 0.25) is 0 Å². The van der Waals surface area contributed by atoms with E-state index in [4.69, 9.17) is 0 Å². The van der Waals surface area contributed by atoms with Crippen molar-refractivity contribution in [2.45, 2.75) is 32.6 Å². The van der Waals surface area contributed by atoms with E-state index in [-0.39, 0.29) is 0 Å². The number of hydrogen-bond donors (Lipinski definition) is 1. The first-order valence-corrected chi connectivity index (χ1v) is 10.5. The number of hydrogen-bond acceptors (Lipinski definition) is 4. The van der Waals surface area contributed by atoms with Gasteiger partial charge in [-0.05, 0) is 74.5 Å². The monoisotopic (exact) mass is 372 g/mol. The van der Waals surface area contributed by atoms with Gasteiger partial charge in [-0.25, -0.2) is 9.97 Å². The van der Waals surface area contributed by atoms with Gasteiger partial charge in [0.25, 0.3) is 0 Å². The fourth-order valence-corrected chi connectivity index (χ4v) is 4.85. The van der Waals surface area contributed by atoms with Crippen molar-refractivity contribution >= 4 is 16.7 Å². The highest BCUT2D eigenvalue weighted by molar-refractivity contribution is 5.90. The zero-order valence-corrected chi connectivity index (χ0v) is 16.6. The fraction of sp³-hybridized carbons (Fsp3) is 0.417. The van der Waals surface area contributed by atoms with Crippen molar-refractivity contribution in [3.63, 3.8) is 0 Å². The summed E-state index contributed by atoms with van der Waals surface area (Å²) in [4.78, 5) is 11.7. The van der Waals surface area contributed by atoms with Gasteiger partial charge in [-0.1, -0.05) is 30.3 Å². The molecule has 2 saturated heterocycles. The predicted molar refractivity (Wildman–Crippen MR) is 115 cm³/mol. The summed E-state index contributed by atoms with van der Waals surface area (Å²) in [5, 5.41) is 4.69. The Labute approximate surface area is 167 Å². The molecule has 144 valence electrons. The Balaban J connectivity index is 1.37. The van der Waals surface area contributed by atoms with E-state index >= 15 is 0 Å². The van der Waals surface area contributed by atoms with Crippen LogP contribution in [0.15, 0.2) is 48.8 Å². The highest BCUT2D eigenvalue weighted by Gasteiger charge is 2.44. The molecule has 1 aromatic heterocycles. The van der Waals surface area contributed by atoms with Crippen LogP contribution in [0.1, 0.15) is 29.5 Å². The van der Waals surface area contributed by atoms with Crippen LogP contribution in [0.3, 0.4) is 0 Å². The molecule has 2 fully saturated rings. The molecule has 5 rings (SSSR count). The largest absolute Gasteiger partial charge is 0.355 e. The van der Waals surface area contributed by atoms with Crippen LogP contribution in [0.5, 0.6) is 0 Å². The Bertz CT molecular complexity index is 983. The summed E-state index contributed by atoms with van der Waals surface area (Å²) in [6, 6.07) is 15.4. The third-order valence-corrected chi connectivity index (χ3v) is 6.64. The Hall–Kier alpha value is -2.46. The summed E-state index contributed by atoms with van der Waals surface area (Å²) in [7, 11) is 0. The van der Waals surface area contributed by atoms with Crippen LogP contribution in [0.4, 0.5) is 5.82 Å². The van der Waals surface area contributed by atoms with Gasteiger partial charge in [-0.15, -0.1) is 0 Å². The van der Waals surface area contributed by atoms with Crippen LogP contribution in [0.25, 0.3) is 10.9 Å². The molecule has 2 aliphatic heterocycles. The SMILES string of the molecule is Cc1ccccc1CCc1ccc2ncnc(N3CC4(CCNCC4)C3)c2c1. The topological polar surface area (TPSA) is 41.1 Å². The molecule has 0 unspecified atom stereocenters. The van der Waals surface area contributed by atoms with Crippen molar-refractivity contribution in [2.75, 3.05) is 31.1 Å². The molecule has 0 bridgehead atoms. The number of anilines is 1. The third kappa shape index (κ3) is 3.26. The molecule has 4 heteroatoms. The molecule has 0 aliphatic carbocycles. The van der Waals surface area contributed by atoms with Gasteiger partial charge < -0.3 is 10.2 Å². The molecular weight excluding hydrogens is 344 g/mol. The van der Waals surface area contributed by atoms with E-state index in [1.807, 2.05) is 0 Å². The van der Waals surface area contributed by atoms with E-state index in [1.165, 1.54) is 34.9 Å². The molecule has 28 heavy (non-hydrogen) atoms. The number of nitrogens with zero attached hydrogens (tertiary/aromatic N) is 3. The average Bonchev–Trinajstić information content (AvgIpc) is 2.71. The summed E-state index contributed by atoms with van der Waals surface area (Å²) in [6.45, 7) is 6.77. The summed E-state index contributed by atoms with van der Waals surface area (Å²) in [6.07, 6.45) is 6.41. The maximum absolute atomic E-state index is 4.68. The lowest BCUT2D eigenvalue weighted by atomic mass is 9.72. The van der Waals surface area contributed by atoms with Crippen LogP contribution < -0.4 is 10.2 Å². The quantitative estimate of drug-likeness (QED) is 0.754. The first-order chi connectivity index (χ1) is 13.7. The van der Waals surface area contributed by atoms with Gasteiger partial charge in [0.1, 0.15) is 12.1 Å². The lowest BCUT2D eigenvalue weighted by Crippen LogP contribution is -2.60. The fourth-order valence-electron chi connectivity index (χ4n) is 4.85. The molecule has 3 aromatic rings. The number of aromatic nitrogens is 2. The number of benzene rings is 2. The second kappa shape index (κ2) is 7.17. The van der Waals surface area contributed by atoms with Gasteiger partial charge in [0.05, 0.1) is 5.52 Å². The molecule has 2 aromatic carbocycles. The van der Waals surface area contributed by atoms with Crippen LogP contribution in [-0.2, 0) is 12.8 Å². The molecule has 1 spiro atoms. The number of fused-ring (bicyclic) bond motifs is 1. The highest BCUT2D eigenvalue weighted by atomic mass is 15.3. The van der Waals surface area contributed by atoms with Crippen molar-refractivity contribution in [1.29, 1.82) is 0 Å². The maximum atomic E-state index is 4.68. The van der Waals surface area contributed by atoms with Gasteiger partial charge in [0.2, 0.25) is 0 Å². The summed E-state index contributed by atoms with van der Waals surface area (Å²) >= 11 is 0. The number of aryl methyl sites for hydroxylation is 3. The number of nitrogens with one attached hydrogen (secondary N) is 1. The van der Waals surface area contributed by atoms with Crippen LogP contribution in [-0.4, -0.2) is 36.1 Å². The number of piperidine rings is 1. The first-order valence-electron chi connectivity index (χ1n) is 10.5. The number of rotatable bonds is 4. The lowest BCUT2D eigenvalue weighted by molar-refractivity contribution is 0.149. The zero-order valence-electron chi connectivity index (χ0n) is 16.6. The van der Waals surface area contributed by atoms with E-state index < -0.39 is 0 Å². The molecule has 0 amide bonds. The zero-order chi connectivity index (χ0) is 19.0. The molecule has 3 heterocycles. The highest BCUT2D eigenvalue weighted by Crippen LogP contribution is 2.42. The minimum atomic E-state index is 0.505.